The van der Waals surface area contributed by atoms with Gasteiger partial charge in [0.05, 0.1) is 19.8 Å². The highest BCUT2D eigenvalue weighted by atomic mass is 16.5. The molecule has 0 atom stereocenters. The van der Waals surface area contributed by atoms with Crippen LogP contribution < -0.4 is 15.4 Å². The number of guanidine groups is 1. The summed E-state index contributed by atoms with van der Waals surface area (Å²) in [4.78, 5) is 4.28. The molecule has 2 N–H and O–H groups in total. The first-order chi connectivity index (χ1) is 12.6. The van der Waals surface area contributed by atoms with Crippen molar-refractivity contribution < 1.29 is 9.47 Å². The Morgan fingerprint density at radius 1 is 1.00 bits per heavy atom. The topological polar surface area (TPSA) is 54.9 Å². The number of methoxy groups -OCH3 is 1. The van der Waals surface area contributed by atoms with Crippen molar-refractivity contribution in [3.63, 3.8) is 0 Å². The summed E-state index contributed by atoms with van der Waals surface area (Å²) in [5.74, 6) is 1.62. The van der Waals surface area contributed by atoms with E-state index in [4.69, 9.17) is 9.47 Å². The normalized spacial score (nSPS) is 11.5. The van der Waals surface area contributed by atoms with Crippen molar-refractivity contribution in [1.29, 1.82) is 0 Å². The molecule has 5 nitrogen and oxygen atoms in total. The first-order valence-corrected chi connectivity index (χ1v) is 8.88. The molecular formula is C21H29N3O2. The van der Waals surface area contributed by atoms with Gasteiger partial charge >= 0.3 is 0 Å². The number of ether oxygens (including phenoxy) is 2. The summed E-state index contributed by atoms with van der Waals surface area (Å²) >= 11 is 0. The van der Waals surface area contributed by atoms with Crippen LogP contribution in [0, 0.1) is 0 Å². The van der Waals surface area contributed by atoms with Gasteiger partial charge in [0.25, 0.3) is 0 Å². The summed E-state index contributed by atoms with van der Waals surface area (Å²) < 4.78 is 11.1. The number of nitrogens with zero attached hydrogens (tertiary/aromatic N) is 1. The van der Waals surface area contributed by atoms with Crippen molar-refractivity contribution in [2.75, 3.05) is 14.2 Å². The van der Waals surface area contributed by atoms with Crippen LogP contribution in [0.4, 0.5) is 0 Å². The minimum atomic E-state index is 0.231. The van der Waals surface area contributed by atoms with Crippen LogP contribution in [0.2, 0.25) is 0 Å². The van der Waals surface area contributed by atoms with Crippen LogP contribution in [0.15, 0.2) is 53.5 Å². The average molecular weight is 355 g/mol. The zero-order valence-corrected chi connectivity index (χ0v) is 16.1. The van der Waals surface area contributed by atoms with E-state index in [1.165, 1.54) is 11.1 Å². The fourth-order valence-corrected chi connectivity index (χ4v) is 2.53. The summed E-state index contributed by atoms with van der Waals surface area (Å²) in [5.41, 5.74) is 3.45. The second-order valence-electron chi connectivity index (χ2n) is 6.27. The third kappa shape index (κ3) is 6.41. The maximum Gasteiger partial charge on any atom is 0.191 e. The monoisotopic (exact) mass is 355 g/mol. The Balaban J connectivity index is 1.88. The minimum absolute atomic E-state index is 0.231. The SMILES string of the molecule is CN=C(NCc1cccc(COC(C)C)c1)NCc1ccccc1OC. The van der Waals surface area contributed by atoms with Crippen molar-refractivity contribution in [2.45, 2.75) is 39.6 Å². The molecule has 0 spiro atoms. The van der Waals surface area contributed by atoms with Crippen LogP contribution in [-0.2, 0) is 24.4 Å². The lowest BCUT2D eigenvalue weighted by Crippen LogP contribution is -2.36. The van der Waals surface area contributed by atoms with Crippen molar-refractivity contribution in [3.05, 3.63) is 65.2 Å². The molecule has 0 radical (unpaired) electrons. The molecule has 5 heteroatoms. The second kappa shape index (κ2) is 10.5. The van der Waals surface area contributed by atoms with Crippen molar-refractivity contribution in [2.24, 2.45) is 4.99 Å². The molecule has 0 fully saturated rings. The van der Waals surface area contributed by atoms with Crippen molar-refractivity contribution >= 4 is 5.96 Å². The van der Waals surface area contributed by atoms with Gasteiger partial charge in [-0.3, -0.25) is 4.99 Å². The van der Waals surface area contributed by atoms with E-state index in [0.717, 1.165) is 17.3 Å². The first kappa shape index (κ1) is 19.8. The van der Waals surface area contributed by atoms with Crippen molar-refractivity contribution in [1.82, 2.24) is 10.6 Å². The van der Waals surface area contributed by atoms with E-state index in [1.54, 1.807) is 14.2 Å². The van der Waals surface area contributed by atoms with Gasteiger partial charge < -0.3 is 20.1 Å². The Bertz CT molecular complexity index is 714. The molecule has 2 aromatic rings. The molecule has 0 amide bonds. The quantitative estimate of drug-likeness (QED) is 0.562. The lowest BCUT2D eigenvalue weighted by molar-refractivity contribution is 0.0657. The lowest BCUT2D eigenvalue weighted by atomic mass is 10.1. The third-order valence-corrected chi connectivity index (χ3v) is 3.90. The van der Waals surface area contributed by atoms with Gasteiger partial charge in [-0.2, -0.15) is 0 Å². The van der Waals surface area contributed by atoms with Crippen LogP contribution in [-0.4, -0.2) is 26.2 Å². The summed E-state index contributed by atoms with van der Waals surface area (Å²) in [6, 6.07) is 16.4. The molecule has 2 aromatic carbocycles. The molecule has 0 aliphatic heterocycles. The largest absolute Gasteiger partial charge is 0.496 e. The highest BCUT2D eigenvalue weighted by Gasteiger charge is 2.04. The van der Waals surface area contributed by atoms with E-state index in [9.17, 15) is 0 Å². The van der Waals surface area contributed by atoms with Crippen LogP contribution in [0.1, 0.15) is 30.5 Å². The second-order valence-corrected chi connectivity index (χ2v) is 6.27. The number of aliphatic imine (C=N–C) groups is 1. The van der Waals surface area contributed by atoms with E-state index in [0.29, 0.717) is 19.7 Å². The highest BCUT2D eigenvalue weighted by molar-refractivity contribution is 5.79. The van der Waals surface area contributed by atoms with E-state index < -0.39 is 0 Å². The molecule has 0 bridgehead atoms. The van der Waals surface area contributed by atoms with Gasteiger partial charge in [-0.05, 0) is 31.0 Å². The summed E-state index contributed by atoms with van der Waals surface area (Å²) in [6.45, 7) is 6.06. The number of hydrogen-bond acceptors (Lipinski definition) is 3. The Labute approximate surface area is 156 Å². The molecule has 0 aliphatic rings. The summed E-state index contributed by atoms with van der Waals surface area (Å²) in [6.07, 6.45) is 0.231. The Morgan fingerprint density at radius 3 is 2.46 bits per heavy atom. The Hall–Kier alpha value is -2.53. The van der Waals surface area contributed by atoms with Gasteiger partial charge in [0.1, 0.15) is 5.75 Å². The minimum Gasteiger partial charge on any atom is -0.496 e. The molecule has 2 rings (SSSR count). The Kier molecular flexibility index (Phi) is 7.96. The van der Waals surface area contributed by atoms with Crippen LogP contribution in [0.25, 0.3) is 0 Å². The predicted molar refractivity (Wildman–Crippen MR) is 106 cm³/mol. The molecule has 0 heterocycles. The van der Waals surface area contributed by atoms with Gasteiger partial charge in [0.15, 0.2) is 5.96 Å². The molecule has 140 valence electrons. The smallest absolute Gasteiger partial charge is 0.191 e. The number of benzene rings is 2. The van der Waals surface area contributed by atoms with E-state index in [-0.39, 0.29) is 6.10 Å². The van der Waals surface area contributed by atoms with E-state index in [1.807, 2.05) is 38.1 Å². The van der Waals surface area contributed by atoms with E-state index >= 15 is 0 Å². The zero-order valence-electron chi connectivity index (χ0n) is 16.1. The first-order valence-electron chi connectivity index (χ1n) is 8.88. The molecule has 0 aromatic heterocycles. The molecule has 26 heavy (non-hydrogen) atoms. The maximum atomic E-state index is 5.67. The van der Waals surface area contributed by atoms with Crippen LogP contribution >= 0.6 is 0 Å². The van der Waals surface area contributed by atoms with E-state index in [2.05, 4.69) is 39.9 Å². The maximum absolute atomic E-state index is 5.67. The number of nitrogens with one attached hydrogen (secondary N) is 2. The fourth-order valence-electron chi connectivity index (χ4n) is 2.53. The zero-order chi connectivity index (χ0) is 18.8. The molecular weight excluding hydrogens is 326 g/mol. The van der Waals surface area contributed by atoms with Gasteiger partial charge in [-0.25, -0.2) is 0 Å². The lowest BCUT2D eigenvalue weighted by Gasteiger charge is -2.14. The highest BCUT2D eigenvalue weighted by Crippen LogP contribution is 2.16. The summed E-state index contributed by atoms with van der Waals surface area (Å²) in [5, 5.41) is 6.66. The number of para-hydroxylation sites is 1. The van der Waals surface area contributed by atoms with Crippen molar-refractivity contribution in [3.8, 4) is 5.75 Å². The third-order valence-electron chi connectivity index (χ3n) is 3.90. The fraction of sp³-hybridized carbons (Fsp3) is 0.381. The van der Waals surface area contributed by atoms with Gasteiger partial charge in [-0.15, -0.1) is 0 Å². The standard InChI is InChI=1S/C21H29N3O2/c1-16(2)26-15-18-9-7-8-17(12-18)13-23-21(22-3)24-14-19-10-5-6-11-20(19)25-4/h5-12,16H,13-15H2,1-4H3,(H2,22,23,24). The van der Waals surface area contributed by atoms with Gasteiger partial charge in [-0.1, -0.05) is 42.5 Å². The van der Waals surface area contributed by atoms with Gasteiger partial charge in [0, 0.05) is 25.7 Å². The average Bonchev–Trinajstić information content (AvgIpc) is 2.67. The van der Waals surface area contributed by atoms with Crippen LogP contribution in [0.5, 0.6) is 5.75 Å². The number of hydrogen-bond donors (Lipinski definition) is 2. The molecule has 0 unspecified atom stereocenters. The molecule has 0 saturated carbocycles. The summed E-state index contributed by atoms with van der Waals surface area (Å²) in [7, 11) is 3.45. The number of rotatable bonds is 8. The molecule has 0 saturated heterocycles. The van der Waals surface area contributed by atoms with Gasteiger partial charge in [0.2, 0.25) is 0 Å². The predicted octanol–water partition coefficient (Wildman–Crippen LogP) is 3.49. The molecule has 0 aliphatic carbocycles. The Morgan fingerprint density at radius 2 is 1.73 bits per heavy atom. The van der Waals surface area contributed by atoms with Crippen LogP contribution in [0.3, 0.4) is 0 Å².